The first-order chi connectivity index (χ1) is 17.5. The van der Waals surface area contributed by atoms with Crippen molar-refractivity contribution in [2.75, 3.05) is 6.54 Å². The number of rotatable bonds is 8. The largest absolute Gasteiger partial charge is 0.342 e. The quantitative estimate of drug-likeness (QED) is 0.244. The maximum atomic E-state index is 13.4. The molecule has 1 aliphatic rings. The highest BCUT2D eigenvalue weighted by Gasteiger charge is 2.34. The molecule has 0 radical (unpaired) electrons. The van der Waals surface area contributed by atoms with Gasteiger partial charge in [0, 0.05) is 30.2 Å². The van der Waals surface area contributed by atoms with E-state index in [-0.39, 0.29) is 17.0 Å². The summed E-state index contributed by atoms with van der Waals surface area (Å²) in [5, 5.41) is 0.816. The molecule has 4 aromatic rings. The SMILES string of the molecule is CCc1cccc2c(/C=C3\SC(=O)N(CCCc4ccccc4)C3=O)cn(Cc3ccc(F)cc3)c12. The van der Waals surface area contributed by atoms with E-state index in [1.165, 1.54) is 28.2 Å². The monoisotopic (exact) mass is 498 g/mol. The summed E-state index contributed by atoms with van der Waals surface area (Å²) in [6.07, 6.45) is 6.27. The highest BCUT2D eigenvalue weighted by molar-refractivity contribution is 8.18. The summed E-state index contributed by atoms with van der Waals surface area (Å²) in [6, 6.07) is 22.8. The summed E-state index contributed by atoms with van der Waals surface area (Å²) in [6.45, 7) is 3.11. The van der Waals surface area contributed by atoms with Crippen molar-refractivity contribution in [2.45, 2.75) is 32.7 Å². The van der Waals surface area contributed by atoms with E-state index in [2.05, 4.69) is 29.7 Å². The maximum absolute atomic E-state index is 13.4. The fourth-order valence-corrected chi connectivity index (χ4v) is 5.55. The molecule has 0 N–H and O–H groups in total. The van der Waals surface area contributed by atoms with E-state index in [4.69, 9.17) is 0 Å². The van der Waals surface area contributed by atoms with Crippen LogP contribution in [-0.2, 0) is 24.2 Å². The predicted octanol–water partition coefficient (Wildman–Crippen LogP) is 7.06. The molecule has 4 nitrogen and oxygen atoms in total. The Morgan fingerprint density at radius 3 is 2.44 bits per heavy atom. The van der Waals surface area contributed by atoms with Crippen LogP contribution in [0, 0.1) is 5.82 Å². The number of carbonyl (C=O) groups excluding carboxylic acids is 2. The van der Waals surface area contributed by atoms with Crippen LogP contribution in [0.4, 0.5) is 9.18 Å². The standard InChI is InChI=1S/C30H27FN2O2S/c1-2-23-11-6-12-26-24(20-32(28(23)26)19-22-13-15-25(31)16-14-22)18-27-29(34)33(30(35)36-27)17-7-10-21-8-4-3-5-9-21/h3-6,8-9,11-16,18,20H,2,7,10,17,19H2,1H3/b27-18-. The lowest BCUT2D eigenvalue weighted by Gasteiger charge is -2.12. The summed E-state index contributed by atoms with van der Waals surface area (Å²) < 4.78 is 15.6. The van der Waals surface area contributed by atoms with E-state index < -0.39 is 0 Å². The van der Waals surface area contributed by atoms with E-state index >= 15 is 0 Å². The second-order valence-electron chi connectivity index (χ2n) is 8.93. The summed E-state index contributed by atoms with van der Waals surface area (Å²) in [5.74, 6) is -0.491. The fourth-order valence-electron chi connectivity index (χ4n) is 4.70. The molecule has 1 aromatic heterocycles. The molecule has 5 rings (SSSR count). The van der Waals surface area contributed by atoms with Crippen molar-refractivity contribution < 1.29 is 14.0 Å². The van der Waals surface area contributed by atoms with E-state index in [1.807, 2.05) is 42.6 Å². The van der Waals surface area contributed by atoms with Gasteiger partial charge >= 0.3 is 0 Å². The Hall–Kier alpha value is -3.64. The van der Waals surface area contributed by atoms with Gasteiger partial charge < -0.3 is 4.57 Å². The normalized spacial score (nSPS) is 14.9. The Morgan fingerprint density at radius 1 is 0.917 bits per heavy atom. The zero-order chi connectivity index (χ0) is 25.1. The van der Waals surface area contributed by atoms with Crippen molar-refractivity contribution in [1.29, 1.82) is 0 Å². The molecule has 2 heterocycles. The molecule has 182 valence electrons. The van der Waals surface area contributed by atoms with Gasteiger partial charge in [-0.2, -0.15) is 0 Å². The Balaban J connectivity index is 1.41. The number of hydrogen-bond donors (Lipinski definition) is 0. The van der Waals surface area contributed by atoms with E-state index in [0.717, 1.165) is 53.1 Å². The minimum absolute atomic E-state index is 0.219. The molecule has 0 saturated carbocycles. The summed E-state index contributed by atoms with van der Waals surface area (Å²) >= 11 is 1.00. The van der Waals surface area contributed by atoms with Gasteiger partial charge in [-0.15, -0.1) is 0 Å². The lowest BCUT2D eigenvalue weighted by molar-refractivity contribution is -0.122. The van der Waals surface area contributed by atoms with Crippen LogP contribution >= 0.6 is 11.8 Å². The van der Waals surface area contributed by atoms with Gasteiger partial charge in [0.1, 0.15) is 5.82 Å². The Morgan fingerprint density at radius 2 is 1.69 bits per heavy atom. The number of imide groups is 1. The number of para-hydroxylation sites is 1. The molecular formula is C30H27FN2O2S. The van der Waals surface area contributed by atoms with Crippen molar-refractivity contribution >= 4 is 39.9 Å². The average molecular weight is 499 g/mol. The van der Waals surface area contributed by atoms with Crippen molar-refractivity contribution in [3.05, 3.63) is 112 Å². The minimum atomic E-state index is -0.259. The topological polar surface area (TPSA) is 42.3 Å². The third kappa shape index (κ3) is 5.00. The van der Waals surface area contributed by atoms with Gasteiger partial charge in [0.2, 0.25) is 0 Å². The zero-order valence-corrected chi connectivity index (χ0v) is 20.9. The van der Waals surface area contributed by atoms with Crippen molar-refractivity contribution in [2.24, 2.45) is 0 Å². The van der Waals surface area contributed by atoms with Gasteiger partial charge in [-0.3, -0.25) is 14.5 Å². The molecule has 0 aliphatic carbocycles. The number of halogens is 1. The number of carbonyl (C=O) groups is 2. The lowest BCUT2D eigenvalue weighted by atomic mass is 10.1. The summed E-state index contributed by atoms with van der Waals surface area (Å²) in [4.78, 5) is 27.6. The smallest absolute Gasteiger partial charge is 0.293 e. The van der Waals surface area contributed by atoms with Crippen LogP contribution in [0.15, 0.2) is 83.9 Å². The van der Waals surface area contributed by atoms with Crippen LogP contribution in [0.2, 0.25) is 0 Å². The summed E-state index contributed by atoms with van der Waals surface area (Å²) in [5.41, 5.74) is 5.38. The van der Waals surface area contributed by atoms with Crippen LogP contribution in [0.1, 0.15) is 35.6 Å². The Labute approximate surface area is 214 Å². The summed E-state index contributed by atoms with van der Waals surface area (Å²) in [7, 11) is 0. The molecule has 0 bridgehead atoms. The van der Waals surface area contributed by atoms with E-state index in [9.17, 15) is 14.0 Å². The molecule has 1 saturated heterocycles. The van der Waals surface area contributed by atoms with Crippen molar-refractivity contribution in [3.63, 3.8) is 0 Å². The molecule has 1 aliphatic heterocycles. The van der Waals surface area contributed by atoms with Crippen molar-refractivity contribution in [3.8, 4) is 0 Å². The second-order valence-corrected chi connectivity index (χ2v) is 9.92. The number of benzene rings is 3. The number of aromatic nitrogens is 1. The molecule has 36 heavy (non-hydrogen) atoms. The number of nitrogens with zero attached hydrogens (tertiary/aromatic N) is 2. The van der Waals surface area contributed by atoms with Crippen LogP contribution < -0.4 is 0 Å². The molecule has 2 amide bonds. The van der Waals surface area contributed by atoms with Gasteiger partial charge in [0.05, 0.1) is 10.4 Å². The van der Waals surface area contributed by atoms with Gasteiger partial charge in [-0.05, 0) is 65.9 Å². The highest BCUT2D eigenvalue weighted by atomic mass is 32.2. The van der Waals surface area contributed by atoms with Crippen molar-refractivity contribution in [1.82, 2.24) is 9.47 Å². The molecular weight excluding hydrogens is 471 g/mol. The molecule has 0 atom stereocenters. The molecule has 0 spiro atoms. The van der Waals surface area contributed by atoms with Gasteiger partial charge in [-0.25, -0.2) is 4.39 Å². The number of amides is 2. The zero-order valence-electron chi connectivity index (χ0n) is 20.1. The van der Waals surface area contributed by atoms with E-state index in [1.54, 1.807) is 12.1 Å². The number of thioether (sulfide) groups is 1. The third-order valence-electron chi connectivity index (χ3n) is 6.51. The van der Waals surface area contributed by atoms with Crippen LogP contribution in [0.25, 0.3) is 17.0 Å². The number of fused-ring (bicyclic) bond motifs is 1. The van der Waals surface area contributed by atoms with Gasteiger partial charge in [0.15, 0.2) is 0 Å². The van der Waals surface area contributed by atoms with Crippen LogP contribution in [0.3, 0.4) is 0 Å². The predicted molar refractivity (Wildman–Crippen MR) is 144 cm³/mol. The molecule has 0 unspecified atom stereocenters. The van der Waals surface area contributed by atoms with Gasteiger partial charge in [-0.1, -0.05) is 67.6 Å². The Kier molecular flexibility index (Phi) is 7.05. The second kappa shape index (κ2) is 10.5. The molecule has 3 aromatic carbocycles. The Bertz CT molecular complexity index is 1440. The number of aryl methyl sites for hydroxylation is 2. The highest BCUT2D eigenvalue weighted by Crippen LogP contribution is 2.35. The first-order valence-electron chi connectivity index (χ1n) is 12.2. The van der Waals surface area contributed by atoms with E-state index in [0.29, 0.717) is 18.0 Å². The van der Waals surface area contributed by atoms with Crippen LogP contribution in [-0.4, -0.2) is 27.2 Å². The molecule has 1 fully saturated rings. The first kappa shape index (κ1) is 24.1. The number of hydrogen-bond acceptors (Lipinski definition) is 3. The fraction of sp³-hybridized carbons (Fsp3) is 0.200. The average Bonchev–Trinajstić information content (AvgIpc) is 3.37. The first-order valence-corrected chi connectivity index (χ1v) is 13.0. The minimum Gasteiger partial charge on any atom is -0.342 e. The van der Waals surface area contributed by atoms with Crippen LogP contribution in [0.5, 0.6) is 0 Å². The lowest BCUT2D eigenvalue weighted by Crippen LogP contribution is -2.29. The van der Waals surface area contributed by atoms with Gasteiger partial charge in [0.25, 0.3) is 11.1 Å². The third-order valence-corrected chi connectivity index (χ3v) is 7.42. The maximum Gasteiger partial charge on any atom is 0.293 e. The molecule has 6 heteroatoms.